The third-order valence-corrected chi connectivity index (χ3v) is 4.84. The minimum Gasteiger partial charge on any atom is -0.406 e. The lowest BCUT2D eigenvalue weighted by Crippen LogP contribution is -2.18. The molecule has 138 valence electrons. The molecule has 2 heterocycles. The number of aromatic nitrogens is 3. The Hall–Kier alpha value is -2.82. The van der Waals surface area contributed by atoms with Crippen molar-refractivity contribution in [2.45, 2.75) is 18.2 Å². The summed E-state index contributed by atoms with van der Waals surface area (Å²) < 4.78 is 69.4. The zero-order chi connectivity index (χ0) is 19.1. The maximum atomic E-state index is 12.4. The molecule has 0 saturated heterocycles. The lowest BCUT2D eigenvalue weighted by Gasteiger charge is -2.11. The molecule has 11 heteroatoms. The second kappa shape index (κ2) is 6.16. The van der Waals surface area contributed by atoms with Gasteiger partial charge in [-0.25, -0.2) is 13.4 Å². The average molecular weight is 386 g/mol. The van der Waals surface area contributed by atoms with E-state index in [2.05, 4.69) is 19.5 Å². The summed E-state index contributed by atoms with van der Waals surface area (Å²) in [6.45, 7) is 1.75. The second-order valence-electron chi connectivity index (χ2n) is 5.43. The summed E-state index contributed by atoms with van der Waals surface area (Å²) in [5, 5.41) is 4.84. The van der Waals surface area contributed by atoms with E-state index in [0.717, 1.165) is 24.3 Å². The van der Waals surface area contributed by atoms with Crippen LogP contribution in [0, 0.1) is 6.92 Å². The van der Waals surface area contributed by atoms with Crippen molar-refractivity contribution >= 4 is 26.7 Å². The molecule has 3 aromatic rings. The largest absolute Gasteiger partial charge is 0.573 e. The summed E-state index contributed by atoms with van der Waals surface area (Å²) in [4.78, 5) is 3.77. The van der Waals surface area contributed by atoms with E-state index >= 15 is 0 Å². The van der Waals surface area contributed by atoms with Crippen molar-refractivity contribution in [2.24, 2.45) is 7.05 Å². The number of hydrogen-bond acceptors (Lipinski definition) is 5. The van der Waals surface area contributed by atoms with Crippen molar-refractivity contribution < 1.29 is 26.3 Å². The van der Waals surface area contributed by atoms with Gasteiger partial charge in [-0.3, -0.25) is 9.40 Å². The first-order valence-corrected chi connectivity index (χ1v) is 8.71. The number of fused-ring (bicyclic) bond motifs is 1. The lowest BCUT2D eigenvalue weighted by molar-refractivity contribution is -0.274. The molecule has 26 heavy (non-hydrogen) atoms. The lowest BCUT2D eigenvalue weighted by atomic mass is 10.3. The summed E-state index contributed by atoms with van der Waals surface area (Å²) in [5.41, 5.74) is 1.40. The average Bonchev–Trinajstić information content (AvgIpc) is 2.80. The number of nitrogens with one attached hydrogen (secondary N) is 1. The highest BCUT2D eigenvalue weighted by atomic mass is 32.2. The van der Waals surface area contributed by atoms with Gasteiger partial charge in [-0.05, 0) is 25.1 Å². The van der Waals surface area contributed by atoms with Crippen molar-refractivity contribution in [1.82, 2.24) is 14.8 Å². The van der Waals surface area contributed by atoms with Crippen molar-refractivity contribution in [1.29, 1.82) is 0 Å². The molecule has 0 aliphatic rings. The number of benzene rings is 1. The molecule has 0 atom stereocenters. The molecule has 3 rings (SSSR count). The van der Waals surface area contributed by atoms with Gasteiger partial charge in [0.2, 0.25) is 0 Å². The molecule has 7 nitrogen and oxygen atoms in total. The van der Waals surface area contributed by atoms with Crippen LogP contribution in [0.2, 0.25) is 0 Å². The topological polar surface area (TPSA) is 86.1 Å². The number of halogens is 3. The number of alkyl halides is 3. The van der Waals surface area contributed by atoms with Gasteiger partial charge in [0.15, 0.2) is 5.65 Å². The van der Waals surface area contributed by atoms with E-state index in [0.29, 0.717) is 16.7 Å². The Labute approximate surface area is 146 Å². The highest BCUT2D eigenvalue weighted by Crippen LogP contribution is 2.26. The third-order valence-electron chi connectivity index (χ3n) is 3.46. The van der Waals surface area contributed by atoms with Gasteiger partial charge >= 0.3 is 6.36 Å². The van der Waals surface area contributed by atoms with Gasteiger partial charge in [-0.1, -0.05) is 6.07 Å². The minimum absolute atomic E-state index is 0.163. The van der Waals surface area contributed by atoms with Crippen LogP contribution in [0.5, 0.6) is 5.75 Å². The quantitative estimate of drug-likeness (QED) is 0.745. The van der Waals surface area contributed by atoms with Crippen LogP contribution in [0.1, 0.15) is 5.69 Å². The van der Waals surface area contributed by atoms with E-state index in [-0.39, 0.29) is 10.6 Å². The summed E-state index contributed by atoms with van der Waals surface area (Å²) in [6.07, 6.45) is -3.61. The molecule has 2 aromatic heterocycles. The van der Waals surface area contributed by atoms with Crippen LogP contribution in [0.3, 0.4) is 0 Å². The SMILES string of the molecule is Cc1nn(C)c2ncc(NS(=O)(=O)c3cccc(OC(F)(F)F)c3)cc12. The molecule has 0 spiro atoms. The number of aryl methyl sites for hydroxylation is 2. The monoisotopic (exact) mass is 386 g/mol. The number of rotatable bonds is 4. The zero-order valence-corrected chi connectivity index (χ0v) is 14.4. The first-order valence-electron chi connectivity index (χ1n) is 7.23. The highest BCUT2D eigenvalue weighted by Gasteiger charge is 2.31. The smallest absolute Gasteiger partial charge is 0.406 e. The Morgan fingerprint density at radius 1 is 1.23 bits per heavy atom. The van der Waals surface area contributed by atoms with E-state index in [9.17, 15) is 21.6 Å². The first-order chi connectivity index (χ1) is 12.0. The second-order valence-corrected chi connectivity index (χ2v) is 7.11. The Bertz CT molecular complexity index is 1080. The number of sulfonamides is 1. The predicted octanol–water partition coefficient (Wildman–Crippen LogP) is 2.98. The van der Waals surface area contributed by atoms with Crippen LogP contribution in [0.25, 0.3) is 11.0 Å². The Morgan fingerprint density at radius 2 is 1.96 bits per heavy atom. The van der Waals surface area contributed by atoms with E-state index in [4.69, 9.17) is 0 Å². The molecular weight excluding hydrogens is 373 g/mol. The van der Waals surface area contributed by atoms with Crippen LogP contribution >= 0.6 is 0 Å². The van der Waals surface area contributed by atoms with Crippen molar-refractivity contribution in [3.05, 3.63) is 42.2 Å². The highest BCUT2D eigenvalue weighted by molar-refractivity contribution is 7.92. The first kappa shape index (κ1) is 18.0. The molecule has 0 saturated carbocycles. The molecule has 0 unspecified atom stereocenters. The van der Waals surface area contributed by atoms with Crippen molar-refractivity contribution in [3.8, 4) is 5.75 Å². The molecule has 1 aromatic carbocycles. The standard InChI is InChI=1S/C15H13F3N4O3S/c1-9-13-6-10(8-19-14(13)22(2)20-9)21-26(23,24)12-5-3-4-11(7-12)25-15(16,17)18/h3-8,21H,1-2H3. The van der Waals surface area contributed by atoms with Crippen molar-refractivity contribution in [2.75, 3.05) is 4.72 Å². The van der Waals surface area contributed by atoms with Gasteiger partial charge in [0.1, 0.15) is 5.75 Å². The number of nitrogens with zero attached hydrogens (tertiary/aromatic N) is 3. The fraction of sp³-hybridized carbons (Fsp3) is 0.200. The maximum absolute atomic E-state index is 12.4. The third kappa shape index (κ3) is 3.72. The minimum atomic E-state index is -4.91. The number of hydrogen-bond donors (Lipinski definition) is 1. The molecular formula is C15H13F3N4O3S. The normalized spacial score (nSPS) is 12.3. The molecule has 0 bridgehead atoms. The Balaban J connectivity index is 1.92. The van der Waals surface area contributed by atoms with Gasteiger partial charge in [-0.2, -0.15) is 5.10 Å². The van der Waals surface area contributed by atoms with Crippen molar-refractivity contribution in [3.63, 3.8) is 0 Å². The Kier molecular flexibility index (Phi) is 4.26. The fourth-order valence-electron chi connectivity index (χ4n) is 2.42. The van der Waals surface area contributed by atoms with Gasteiger partial charge < -0.3 is 4.74 Å². The van der Waals surface area contributed by atoms with Gasteiger partial charge in [0, 0.05) is 18.5 Å². The van der Waals surface area contributed by atoms with E-state index in [1.165, 1.54) is 6.20 Å². The van der Waals surface area contributed by atoms with Gasteiger partial charge in [0.25, 0.3) is 10.0 Å². The van der Waals surface area contributed by atoms with E-state index in [1.807, 2.05) is 0 Å². The van der Waals surface area contributed by atoms with Crippen LogP contribution in [0.4, 0.5) is 18.9 Å². The van der Waals surface area contributed by atoms with Crippen LogP contribution in [-0.4, -0.2) is 29.5 Å². The molecule has 1 N–H and O–H groups in total. The molecule has 0 fully saturated rings. The summed E-state index contributed by atoms with van der Waals surface area (Å²) in [6, 6.07) is 5.67. The number of anilines is 1. The molecule has 0 aliphatic heterocycles. The van der Waals surface area contributed by atoms with Crippen LogP contribution in [-0.2, 0) is 17.1 Å². The van der Waals surface area contributed by atoms with Crippen LogP contribution in [0.15, 0.2) is 41.4 Å². The van der Waals surface area contributed by atoms with E-state index in [1.54, 1.807) is 24.7 Å². The predicted molar refractivity (Wildman–Crippen MR) is 87.2 cm³/mol. The van der Waals surface area contributed by atoms with Gasteiger partial charge in [0.05, 0.1) is 22.5 Å². The molecule has 0 amide bonds. The number of ether oxygens (including phenoxy) is 1. The zero-order valence-electron chi connectivity index (χ0n) is 13.6. The molecule has 0 aliphatic carbocycles. The van der Waals surface area contributed by atoms with Crippen LogP contribution < -0.4 is 9.46 Å². The number of pyridine rings is 1. The summed E-state index contributed by atoms with van der Waals surface area (Å²) in [5.74, 6) is -0.628. The molecule has 0 radical (unpaired) electrons. The fourth-order valence-corrected chi connectivity index (χ4v) is 3.49. The Morgan fingerprint density at radius 3 is 2.65 bits per heavy atom. The van der Waals surface area contributed by atoms with Gasteiger partial charge in [-0.15, -0.1) is 13.2 Å². The summed E-state index contributed by atoms with van der Waals surface area (Å²) >= 11 is 0. The summed E-state index contributed by atoms with van der Waals surface area (Å²) in [7, 11) is -2.42. The van der Waals surface area contributed by atoms with E-state index < -0.39 is 22.1 Å². The maximum Gasteiger partial charge on any atom is 0.573 e.